The number of non-ortho nitro benzene ring substituents is 1. The number of benzene rings is 2. The normalized spacial score (nSPS) is 10.0. The van der Waals surface area contributed by atoms with Crippen LogP contribution in [0.5, 0.6) is 0 Å². The molecule has 112 valence electrons. The fourth-order valence-corrected chi connectivity index (χ4v) is 1.96. The highest BCUT2D eigenvalue weighted by atomic mass is 16.6. The van der Waals surface area contributed by atoms with Crippen LogP contribution in [0.4, 0.5) is 17.1 Å². The van der Waals surface area contributed by atoms with E-state index in [1.165, 1.54) is 18.2 Å². The van der Waals surface area contributed by atoms with Gasteiger partial charge in [0.1, 0.15) is 6.07 Å². The highest BCUT2D eigenvalue weighted by molar-refractivity contribution is 5.68. The summed E-state index contributed by atoms with van der Waals surface area (Å²) in [7, 11) is 0. The first kappa shape index (κ1) is 15.5. The van der Waals surface area contributed by atoms with Crippen LogP contribution in [-0.4, -0.2) is 11.5 Å². The lowest BCUT2D eigenvalue weighted by Crippen LogP contribution is -1.97. The van der Waals surface area contributed by atoms with Crippen molar-refractivity contribution in [2.24, 2.45) is 0 Å². The summed E-state index contributed by atoms with van der Waals surface area (Å²) in [6.07, 6.45) is 0. The van der Waals surface area contributed by atoms with Crippen LogP contribution in [0.1, 0.15) is 18.1 Å². The Morgan fingerprint density at radius 2 is 2.14 bits per heavy atom. The molecule has 0 heterocycles. The summed E-state index contributed by atoms with van der Waals surface area (Å²) in [4.78, 5) is 10.2. The van der Waals surface area contributed by atoms with E-state index < -0.39 is 4.92 Å². The molecule has 2 aromatic rings. The molecule has 22 heavy (non-hydrogen) atoms. The largest absolute Gasteiger partial charge is 0.377 e. The Balaban J connectivity index is 2.23. The van der Waals surface area contributed by atoms with Crippen LogP contribution in [-0.2, 0) is 11.3 Å². The zero-order valence-electron chi connectivity index (χ0n) is 12.1. The summed E-state index contributed by atoms with van der Waals surface area (Å²) in [6.45, 7) is 3.08. The molecule has 0 unspecified atom stereocenters. The predicted molar refractivity (Wildman–Crippen MR) is 82.9 cm³/mol. The van der Waals surface area contributed by atoms with E-state index in [2.05, 4.69) is 5.32 Å². The fourth-order valence-electron chi connectivity index (χ4n) is 1.96. The zero-order chi connectivity index (χ0) is 15.9. The van der Waals surface area contributed by atoms with E-state index >= 15 is 0 Å². The van der Waals surface area contributed by atoms with Gasteiger partial charge in [0.2, 0.25) is 0 Å². The van der Waals surface area contributed by atoms with Gasteiger partial charge in [0, 0.05) is 24.4 Å². The van der Waals surface area contributed by atoms with Crippen molar-refractivity contribution in [1.29, 1.82) is 5.26 Å². The first-order valence-electron chi connectivity index (χ1n) is 6.76. The van der Waals surface area contributed by atoms with E-state index in [4.69, 9.17) is 10.00 Å². The molecule has 6 heteroatoms. The second-order valence-electron chi connectivity index (χ2n) is 4.56. The van der Waals surface area contributed by atoms with Gasteiger partial charge in [-0.3, -0.25) is 10.1 Å². The SMILES string of the molecule is CCOCc1cccc(Nc2ccc([N+](=O)[O-])cc2C#N)c1. The van der Waals surface area contributed by atoms with Crippen molar-refractivity contribution in [2.45, 2.75) is 13.5 Å². The molecule has 0 radical (unpaired) electrons. The van der Waals surface area contributed by atoms with Crippen molar-refractivity contribution >= 4 is 17.1 Å². The molecule has 0 aliphatic heterocycles. The lowest BCUT2D eigenvalue weighted by Gasteiger charge is -2.10. The third-order valence-corrected chi connectivity index (χ3v) is 3.01. The van der Waals surface area contributed by atoms with Crippen molar-refractivity contribution in [3.05, 3.63) is 63.7 Å². The maximum absolute atomic E-state index is 10.7. The number of nitrogens with zero attached hydrogens (tertiary/aromatic N) is 2. The molecule has 0 saturated carbocycles. The average molecular weight is 297 g/mol. The number of nitriles is 1. The number of ether oxygens (including phenoxy) is 1. The number of nitro groups is 1. The maximum Gasteiger partial charge on any atom is 0.270 e. The van der Waals surface area contributed by atoms with E-state index in [0.717, 1.165) is 11.3 Å². The predicted octanol–water partition coefficient (Wildman–Crippen LogP) is 3.75. The summed E-state index contributed by atoms with van der Waals surface area (Å²) in [5.74, 6) is 0. The van der Waals surface area contributed by atoms with Gasteiger partial charge in [0.15, 0.2) is 0 Å². The quantitative estimate of drug-likeness (QED) is 0.648. The van der Waals surface area contributed by atoms with Gasteiger partial charge in [-0.1, -0.05) is 12.1 Å². The Bertz CT molecular complexity index is 723. The third-order valence-electron chi connectivity index (χ3n) is 3.01. The third kappa shape index (κ3) is 3.81. The van der Waals surface area contributed by atoms with E-state index in [1.54, 1.807) is 0 Å². The molecule has 2 rings (SSSR count). The van der Waals surface area contributed by atoms with Crippen LogP contribution in [0.3, 0.4) is 0 Å². The Morgan fingerprint density at radius 1 is 1.32 bits per heavy atom. The summed E-state index contributed by atoms with van der Waals surface area (Å²) in [6, 6.07) is 13.7. The summed E-state index contributed by atoms with van der Waals surface area (Å²) < 4.78 is 5.36. The molecule has 2 aromatic carbocycles. The van der Waals surface area contributed by atoms with Crippen LogP contribution < -0.4 is 5.32 Å². The van der Waals surface area contributed by atoms with Crippen LogP contribution in [0.15, 0.2) is 42.5 Å². The zero-order valence-corrected chi connectivity index (χ0v) is 12.1. The topological polar surface area (TPSA) is 88.2 Å². The smallest absolute Gasteiger partial charge is 0.270 e. The molecular formula is C16H15N3O3. The first-order chi connectivity index (χ1) is 10.6. The fraction of sp³-hybridized carbons (Fsp3) is 0.188. The van der Waals surface area contributed by atoms with Gasteiger partial charge in [-0.25, -0.2) is 0 Å². The van der Waals surface area contributed by atoms with E-state index in [1.807, 2.05) is 37.3 Å². The summed E-state index contributed by atoms with van der Waals surface area (Å²) in [5, 5.41) is 23.0. The van der Waals surface area contributed by atoms with Gasteiger partial charge in [-0.05, 0) is 30.7 Å². The monoisotopic (exact) mass is 297 g/mol. The number of hydrogen-bond acceptors (Lipinski definition) is 5. The number of nitro benzene ring substituents is 1. The van der Waals surface area contributed by atoms with E-state index in [-0.39, 0.29) is 11.3 Å². The Morgan fingerprint density at radius 3 is 2.82 bits per heavy atom. The number of anilines is 2. The molecule has 1 N–H and O–H groups in total. The minimum Gasteiger partial charge on any atom is -0.377 e. The number of nitrogens with one attached hydrogen (secondary N) is 1. The maximum atomic E-state index is 10.7. The van der Waals surface area contributed by atoms with Gasteiger partial charge in [-0.2, -0.15) is 5.26 Å². The van der Waals surface area contributed by atoms with Gasteiger partial charge in [0.25, 0.3) is 5.69 Å². The standard InChI is InChI=1S/C16H15N3O3/c1-2-22-11-12-4-3-5-14(8-12)18-16-7-6-15(19(20)21)9-13(16)10-17/h3-9,18H,2,11H2,1H3. The molecule has 0 fully saturated rings. The van der Waals surface area contributed by atoms with Crippen molar-refractivity contribution in [1.82, 2.24) is 0 Å². The Hall–Kier alpha value is -2.91. The Kier molecular flexibility index (Phi) is 5.07. The number of hydrogen-bond donors (Lipinski definition) is 1. The van der Waals surface area contributed by atoms with Crippen LogP contribution in [0.2, 0.25) is 0 Å². The molecular weight excluding hydrogens is 282 g/mol. The minimum atomic E-state index is -0.521. The highest BCUT2D eigenvalue weighted by Crippen LogP contribution is 2.25. The average Bonchev–Trinajstić information content (AvgIpc) is 2.53. The van der Waals surface area contributed by atoms with E-state index in [0.29, 0.717) is 18.9 Å². The molecule has 0 bridgehead atoms. The van der Waals surface area contributed by atoms with Gasteiger partial charge < -0.3 is 10.1 Å². The molecule has 0 atom stereocenters. The molecule has 0 saturated heterocycles. The second kappa shape index (κ2) is 7.20. The lowest BCUT2D eigenvalue weighted by atomic mass is 10.1. The molecule has 6 nitrogen and oxygen atoms in total. The molecule has 0 amide bonds. The van der Waals surface area contributed by atoms with Crippen LogP contribution >= 0.6 is 0 Å². The number of rotatable bonds is 6. The molecule has 0 aliphatic rings. The lowest BCUT2D eigenvalue weighted by molar-refractivity contribution is -0.384. The van der Waals surface area contributed by atoms with Crippen molar-refractivity contribution in [3.63, 3.8) is 0 Å². The van der Waals surface area contributed by atoms with E-state index in [9.17, 15) is 10.1 Å². The van der Waals surface area contributed by atoms with Crippen LogP contribution in [0.25, 0.3) is 0 Å². The summed E-state index contributed by atoms with van der Waals surface area (Å²) in [5.41, 5.74) is 2.45. The summed E-state index contributed by atoms with van der Waals surface area (Å²) >= 11 is 0. The minimum absolute atomic E-state index is 0.104. The first-order valence-corrected chi connectivity index (χ1v) is 6.76. The molecule has 0 aromatic heterocycles. The van der Waals surface area contributed by atoms with Gasteiger partial charge >= 0.3 is 0 Å². The Labute approximate surface area is 128 Å². The van der Waals surface area contributed by atoms with Gasteiger partial charge in [-0.15, -0.1) is 0 Å². The molecule has 0 spiro atoms. The highest BCUT2D eigenvalue weighted by Gasteiger charge is 2.10. The van der Waals surface area contributed by atoms with Crippen molar-refractivity contribution in [2.75, 3.05) is 11.9 Å². The van der Waals surface area contributed by atoms with Gasteiger partial charge in [0.05, 0.1) is 22.8 Å². The van der Waals surface area contributed by atoms with Crippen molar-refractivity contribution < 1.29 is 9.66 Å². The van der Waals surface area contributed by atoms with Crippen molar-refractivity contribution in [3.8, 4) is 6.07 Å². The van der Waals surface area contributed by atoms with Crippen LogP contribution in [0, 0.1) is 21.4 Å². The second-order valence-corrected chi connectivity index (χ2v) is 4.56. The molecule has 0 aliphatic carbocycles.